The molecule has 10 nitrogen and oxygen atoms in total. The zero-order valence-electron chi connectivity index (χ0n) is 20.7. The van der Waals surface area contributed by atoms with Crippen molar-refractivity contribution in [1.29, 1.82) is 0 Å². The maximum Gasteiger partial charge on any atom is 0.407 e. The summed E-state index contributed by atoms with van der Waals surface area (Å²) in [6.07, 6.45) is 0.359. The second-order valence-corrected chi connectivity index (χ2v) is 9.82. The van der Waals surface area contributed by atoms with Gasteiger partial charge in [-0.05, 0) is 58.2 Å². The first-order valence-corrected chi connectivity index (χ1v) is 12.2. The number of rotatable bonds is 10. The smallest absolute Gasteiger partial charge is 0.407 e. The predicted octanol–water partition coefficient (Wildman–Crippen LogP) is 3.15. The fourth-order valence-corrected chi connectivity index (χ4v) is 3.80. The van der Waals surface area contributed by atoms with Crippen LogP contribution in [0.2, 0.25) is 10.0 Å². The Kier molecular flexibility index (Phi) is 10.4. The Hall–Kier alpha value is -2.98. The van der Waals surface area contributed by atoms with Crippen LogP contribution in [0, 0.1) is 0 Å². The van der Waals surface area contributed by atoms with E-state index in [4.69, 9.17) is 32.7 Å². The summed E-state index contributed by atoms with van der Waals surface area (Å²) in [6, 6.07) is 4.14. The highest BCUT2D eigenvalue weighted by Gasteiger charge is 2.44. The molecule has 0 saturated heterocycles. The Bertz CT molecular complexity index is 1040. The van der Waals surface area contributed by atoms with Crippen molar-refractivity contribution in [2.24, 2.45) is 0 Å². The van der Waals surface area contributed by atoms with Gasteiger partial charge in [0.1, 0.15) is 12.1 Å². The van der Waals surface area contributed by atoms with Gasteiger partial charge in [-0.1, -0.05) is 29.3 Å². The Labute approximate surface area is 219 Å². The van der Waals surface area contributed by atoms with Gasteiger partial charge in [-0.15, -0.1) is 0 Å². The minimum atomic E-state index is -1.11. The summed E-state index contributed by atoms with van der Waals surface area (Å²) < 4.78 is 10.1. The van der Waals surface area contributed by atoms with Crippen molar-refractivity contribution in [1.82, 2.24) is 15.5 Å². The van der Waals surface area contributed by atoms with Gasteiger partial charge < -0.3 is 30.1 Å². The monoisotopic (exact) mass is 543 g/mol. The highest BCUT2D eigenvalue weighted by Crippen LogP contribution is 2.25. The average molecular weight is 544 g/mol. The number of esters is 1. The third kappa shape index (κ3) is 8.30. The van der Waals surface area contributed by atoms with Crippen LogP contribution in [0.1, 0.15) is 39.7 Å². The largest absolute Gasteiger partial charge is 0.503 e. The molecule has 1 aromatic rings. The van der Waals surface area contributed by atoms with Gasteiger partial charge in [0.05, 0.1) is 28.3 Å². The van der Waals surface area contributed by atoms with E-state index in [9.17, 15) is 24.3 Å². The molecule has 0 bridgehead atoms. The summed E-state index contributed by atoms with van der Waals surface area (Å²) in [5.41, 5.74) is -0.0983. The molecular weight excluding hydrogens is 513 g/mol. The van der Waals surface area contributed by atoms with E-state index in [1.54, 1.807) is 39.8 Å². The summed E-state index contributed by atoms with van der Waals surface area (Å²) in [7, 11) is 0. The van der Waals surface area contributed by atoms with Gasteiger partial charge in [-0.2, -0.15) is 0 Å². The first kappa shape index (κ1) is 29.3. The molecule has 2 rings (SSSR count). The van der Waals surface area contributed by atoms with Crippen LogP contribution in [0.25, 0.3) is 0 Å². The van der Waals surface area contributed by atoms with Crippen molar-refractivity contribution < 1.29 is 33.8 Å². The maximum absolute atomic E-state index is 12.9. The minimum absolute atomic E-state index is 0.0906. The number of ether oxygens (including phenoxy) is 2. The fraction of sp³-hybridized carbons (Fsp3) is 0.500. The Balaban J connectivity index is 2.09. The molecule has 1 heterocycles. The van der Waals surface area contributed by atoms with Gasteiger partial charge in [0, 0.05) is 13.1 Å². The van der Waals surface area contributed by atoms with Crippen LogP contribution in [0.15, 0.2) is 29.5 Å². The van der Waals surface area contributed by atoms with Crippen LogP contribution in [0.4, 0.5) is 4.79 Å². The van der Waals surface area contributed by atoms with Crippen LogP contribution < -0.4 is 10.6 Å². The number of aryl methyl sites for hydroxylation is 1. The lowest BCUT2D eigenvalue weighted by Crippen LogP contribution is -2.48. The summed E-state index contributed by atoms with van der Waals surface area (Å²) >= 11 is 11.9. The number of halogens is 2. The van der Waals surface area contributed by atoms with Crippen molar-refractivity contribution >= 4 is 47.1 Å². The number of nitrogens with one attached hydrogen (secondary N) is 2. The number of nitrogens with zero attached hydrogens (tertiary/aromatic N) is 1. The number of hydrogen-bond donors (Lipinski definition) is 3. The first-order chi connectivity index (χ1) is 16.8. The number of benzene rings is 1. The molecule has 1 aliphatic rings. The van der Waals surface area contributed by atoms with Gasteiger partial charge in [0.25, 0.3) is 11.8 Å². The lowest BCUT2D eigenvalue weighted by Gasteiger charge is -2.26. The minimum Gasteiger partial charge on any atom is -0.503 e. The normalized spacial score (nSPS) is 15.7. The Morgan fingerprint density at radius 1 is 1.14 bits per heavy atom. The SMILES string of the molecule is CCOC(=O)CN1C(=O)C(O)=C(C(=O)NCCCc2ccc(Cl)c(Cl)c2)C1CNC(=O)OC(C)(C)C. The van der Waals surface area contributed by atoms with Crippen LogP contribution in [0.5, 0.6) is 0 Å². The molecule has 1 aromatic carbocycles. The van der Waals surface area contributed by atoms with Crippen LogP contribution in [-0.2, 0) is 30.3 Å². The topological polar surface area (TPSA) is 134 Å². The molecule has 0 aromatic heterocycles. The summed E-state index contributed by atoms with van der Waals surface area (Å²) in [4.78, 5) is 50.8. The van der Waals surface area contributed by atoms with Crippen molar-refractivity contribution in [2.75, 3.05) is 26.2 Å². The van der Waals surface area contributed by atoms with E-state index >= 15 is 0 Å². The molecular formula is C24H31Cl2N3O7. The van der Waals surface area contributed by atoms with Crippen molar-refractivity contribution in [2.45, 2.75) is 52.2 Å². The van der Waals surface area contributed by atoms with Crippen LogP contribution in [-0.4, -0.2) is 71.8 Å². The molecule has 198 valence electrons. The number of aliphatic hydroxyl groups is 1. The molecule has 1 unspecified atom stereocenters. The second kappa shape index (κ2) is 12.8. The van der Waals surface area contributed by atoms with Gasteiger partial charge in [-0.3, -0.25) is 14.4 Å². The zero-order chi connectivity index (χ0) is 27.0. The van der Waals surface area contributed by atoms with Gasteiger partial charge in [0.15, 0.2) is 5.76 Å². The maximum atomic E-state index is 12.9. The number of carbonyl (C=O) groups is 4. The van der Waals surface area contributed by atoms with E-state index in [0.717, 1.165) is 10.5 Å². The van der Waals surface area contributed by atoms with E-state index in [1.807, 2.05) is 6.07 Å². The van der Waals surface area contributed by atoms with Crippen molar-refractivity contribution in [3.05, 3.63) is 45.1 Å². The number of alkyl carbamates (subject to hydrolysis) is 1. The van der Waals surface area contributed by atoms with Crippen molar-refractivity contribution in [3.8, 4) is 0 Å². The predicted molar refractivity (Wildman–Crippen MR) is 134 cm³/mol. The van der Waals surface area contributed by atoms with Gasteiger partial charge >= 0.3 is 12.1 Å². The van der Waals surface area contributed by atoms with E-state index in [1.165, 1.54) is 0 Å². The van der Waals surface area contributed by atoms with Crippen LogP contribution >= 0.6 is 23.2 Å². The first-order valence-electron chi connectivity index (χ1n) is 11.4. The summed E-state index contributed by atoms with van der Waals surface area (Å²) in [5.74, 6) is -3.13. The van der Waals surface area contributed by atoms with Crippen molar-refractivity contribution in [3.63, 3.8) is 0 Å². The van der Waals surface area contributed by atoms with E-state index in [2.05, 4.69) is 10.6 Å². The highest BCUT2D eigenvalue weighted by atomic mass is 35.5. The molecule has 1 atom stereocenters. The third-order valence-corrected chi connectivity index (χ3v) is 5.77. The highest BCUT2D eigenvalue weighted by molar-refractivity contribution is 6.42. The number of aliphatic hydroxyl groups excluding tert-OH is 1. The average Bonchev–Trinajstić information content (AvgIpc) is 3.01. The Morgan fingerprint density at radius 3 is 2.44 bits per heavy atom. The molecule has 0 spiro atoms. The molecule has 12 heteroatoms. The Morgan fingerprint density at radius 2 is 1.83 bits per heavy atom. The molecule has 36 heavy (non-hydrogen) atoms. The van der Waals surface area contributed by atoms with Gasteiger partial charge in [0.2, 0.25) is 0 Å². The molecule has 0 fully saturated rings. The molecule has 1 aliphatic heterocycles. The quantitative estimate of drug-likeness (QED) is 0.304. The summed E-state index contributed by atoms with van der Waals surface area (Å²) in [5, 5.41) is 16.5. The van der Waals surface area contributed by atoms with E-state index in [-0.39, 0.29) is 25.3 Å². The number of amides is 3. The lowest BCUT2D eigenvalue weighted by atomic mass is 10.1. The lowest BCUT2D eigenvalue weighted by molar-refractivity contribution is -0.148. The molecule has 0 aliphatic carbocycles. The zero-order valence-corrected chi connectivity index (χ0v) is 22.2. The number of hydrogen-bond acceptors (Lipinski definition) is 7. The third-order valence-electron chi connectivity index (χ3n) is 5.03. The van der Waals surface area contributed by atoms with E-state index < -0.39 is 47.8 Å². The molecule has 3 amide bonds. The van der Waals surface area contributed by atoms with E-state index in [0.29, 0.717) is 22.9 Å². The van der Waals surface area contributed by atoms with Gasteiger partial charge in [-0.25, -0.2) is 4.79 Å². The van der Waals surface area contributed by atoms with Crippen LogP contribution in [0.3, 0.4) is 0 Å². The molecule has 0 saturated carbocycles. The standard InChI is InChI=1S/C24H31Cl2N3O7/c1-5-35-18(30)13-29-17(12-28-23(34)36-24(2,3)4)19(20(31)22(29)33)21(32)27-10-6-7-14-8-9-15(25)16(26)11-14/h8-9,11,17,31H,5-7,10,12-13H2,1-4H3,(H,27,32)(H,28,34). The number of carbonyl (C=O) groups excluding carboxylic acids is 4. The summed E-state index contributed by atoms with van der Waals surface area (Å²) in [6.45, 7) is 6.20. The molecule has 0 radical (unpaired) electrons. The molecule has 3 N–H and O–H groups in total. The fourth-order valence-electron chi connectivity index (χ4n) is 3.48. The second-order valence-electron chi connectivity index (χ2n) is 9.01.